The predicted molar refractivity (Wildman–Crippen MR) is 119 cm³/mol. The highest BCUT2D eigenvalue weighted by molar-refractivity contribution is 9.10. The fourth-order valence-corrected chi connectivity index (χ4v) is 4.51. The lowest BCUT2D eigenvalue weighted by atomic mass is 10.0. The molecule has 0 radical (unpaired) electrons. The molecule has 1 aromatic carbocycles. The van der Waals surface area contributed by atoms with Gasteiger partial charge in [-0.15, -0.1) is 0 Å². The van der Waals surface area contributed by atoms with Crippen LogP contribution in [0.2, 0.25) is 0 Å². The Labute approximate surface area is 183 Å². The van der Waals surface area contributed by atoms with E-state index in [1.807, 2.05) is 30.3 Å². The number of aromatic nitrogens is 1. The number of halogens is 2. The highest BCUT2D eigenvalue weighted by atomic mass is 79.9. The highest BCUT2D eigenvalue weighted by Crippen LogP contribution is 2.41. The average Bonchev–Trinajstić information content (AvgIpc) is 3.27. The van der Waals surface area contributed by atoms with E-state index in [0.29, 0.717) is 21.3 Å². The molecular weight excluding hydrogens is 453 g/mol. The summed E-state index contributed by atoms with van der Waals surface area (Å²) in [4.78, 5) is 6.70. The minimum atomic E-state index is -0.295. The second-order valence-electron chi connectivity index (χ2n) is 7.50. The Kier molecular flexibility index (Phi) is 5.69. The molecule has 0 spiro atoms. The van der Waals surface area contributed by atoms with E-state index in [0.717, 1.165) is 23.6 Å². The lowest BCUT2D eigenvalue weighted by Crippen LogP contribution is -2.32. The molecule has 3 aromatic rings. The molecule has 0 amide bonds. The van der Waals surface area contributed by atoms with Crippen molar-refractivity contribution in [1.29, 1.82) is 0 Å². The third kappa shape index (κ3) is 4.07. The van der Waals surface area contributed by atoms with Gasteiger partial charge in [-0.25, -0.2) is 4.39 Å². The Morgan fingerprint density at radius 3 is 2.76 bits per heavy atom. The van der Waals surface area contributed by atoms with Gasteiger partial charge in [0.15, 0.2) is 5.11 Å². The second-order valence-corrected chi connectivity index (χ2v) is 8.74. The van der Waals surface area contributed by atoms with Gasteiger partial charge in [-0.2, -0.15) is 0 Å². The van der Waals surface area contributed by atoms with Gasteiger partial charge in [0.1, 0.15) is 23.4 Å². The van der Waals surface area contributed by atoms with Crippen LogP contribution >= 0.6 is 28.1 Å². The fourth-order valence-electron chi connectivity index (χ4n) is 3.65. The van der Waals surface area contributed by atoms with Crippen LogP contribution in [0.4, 0.5) is 4.39 Å². The topological polar surface area (TPSA) is 41.3 Å². The van der Waals surface area contributed by atoms with Crippen LogP contribution < -0.4 is 5.32 Å². The molecule has 1 aliphatic rings. The molecule has 1 fully saturated rings. The number of pyridine rings is 1. The minimum Gasteiger partial charge on any atom is -0.459 e. The molecule has 7 heteroatoms. The summed E-state index contributed by atoms with van der Waals surface area (Å²) in [7, 11) is 0. The van der Waals surface area contributed by atoms with E-state index >= 15 is 0 Å². The summed E-state index contributed by atoms with van der Waals surface area (Å²) in [6.45, 7) is 5.13. The molecule has 2 atom stereocenters. The first-order valence-corrected chi connectivity index (χ1v) is 10.7. The van der Waals surface area contributed by atoms with Gasteiger partial charge in [-0.3, -0.25) is 4.98 Å². The molecule has 2 aromatic heterocycles. The molecule has 1 saturated heterocycles. The van der Waals surface area contributed by atoms with Crippen molar-refractivity contribution in [2.75, 3.05) is 6.54 Å². The van der Waals surface area contributed by atoms with E-state index < -0.39 is 0 Å². The lowest BCUT2D eigenvalue weighted by Gasteiger charge is -2.27. The summed E-state index contributed by atoms with van der Waals surface area (Å²) < 4.78 is 20.4. The first-order valence-electron chi connectivity index (χ1n) is 9.47. The van der Waals surface area contributed by atoms with Gasteiger partial charge in [-0.1, -0.05) is 19.9 Å². The number of benzene rings is 1. The van der Waals surface area contributed by atoms with Crippen LogP contribution in [0, 0.1) is 11.7 Å². The average molecular weight is 474 g/mol. The summed E-state index contributed by atoms with van der Waals surface area (Å²) in [5.74, 6) is 1.60. The van der Waals surface area contributed by atoms with Crippen LogP contribution in [-0.4, -0.2) is 21.5 Å². The second kappa shape index (κ2) is 8.24. The molecule has 3 heterocycles. The largest absolute Gasteiger partial charge is 0.459 e. The molecule has 0 aliphatic carbocycles. The van der Waals surface area contributed by atoms with Crippen molar-refractivity contribution in [3.8, 4) is 11.3 Å². The van der Waals surface area contributed by atoms with E-state index in [1.54, 1.807) is 12.3 Å². The van der Waals surface area contributed by atoms with Gasteiger partial charge in [-0.05, 0) is 76.5 Å². The standard InChI is InChI=1S/C22H21BrFN3OS/c1-13(2)12-27-21(20(26-22(27)29)17-5-3-4-10-25-17)19-9-8-18(28-19)15-7-6-14(24)11-16(15)23/h3-11,13,20-21H,12H2,1-2H3,(H,26,29). The Hall–Kier alpha value is -2.25. The van der Waals surface area contributed by atoms with Gasteiger partial charge in [0.2, 0.25) is 0 Å². The van der Waals surface area contributed by atoms with Crippen LogP contribution in [0.25, 0.3) is 11.3 Å². The third-order valence-corrected chi connectivity index (χ3v) is 5.88. The number of furan rings is 1. The molecule has 0 bridgehead atoms. The van der Waals surface area contributed by atoms with Gasteiger partial charge in [0, 0.05) is 22.8 Å². The van der Waals surface area contributed by atoms with Crippen molar-refractivity contribution in [3.63, 3.8) is 0 Å². The summed E-state index contributed by atoms with van der Waals surface area (Å²) in [6, 6.07) is 14.1. The summed E-state index contributed by atoms with van der Waals surface area (Å²) in [6.07, 6.45) is 1.78. The highest BCUT2D eigenvalue weighted by Gasteiger charge is 2.41. The van der Waals surface area contributed by atoms with E-state index in [4.69, 9.17) is 16.6 Å². The van der Waals surface area contributed by atoms with Crippen LogP contribution in [0.3, 0.4) is 0 Å². The van der Waals surface area contributed by atoms with Crippen molar-refractivity contribution < 1.29 is 8.81 Å². The van der Waals surface area contributed by atoms with Crippen LogP contribution in [0.15, 0.2) is 63.6 Å². The van der Waals surface area contributed by atoms with Crippen molar-refractivity contribution >= 4 is 33.3 Å². The number of rotatable bonds is 5. The van der Waals surface area contributed by atoms with Crippen molar-refractivity contribution in [3.05, 3.63) is 76.5 Å². The molecule has 1 N–H and O–H groups in total. The maximum absolute atomic E-state index is 13.5. The predicted octanol–water partition coefficient (Wildman–Crippen LogP) is 5.87. The van der Waals surface area contributed by atoms with Gasteiger partial charge in [0.25, 0.3) is 0 Å². The molecule has 2 unspecified atom stereocenters. The molecule has 0 saturated carbocycles. The Morgan fingerprint density at radius 2 is 2.07 bits per heavy atom. The molecule has 29 heavy (non-hydrogen) atoms. The SMILES string of the molecule is CC(C)CN1C(=S)NC(c2ccccn2)C1c1ccc(-c2ccc(F)cc2Br)o1. The van der Waals surface area contributed by atoms with E-state index in [2.05, 4.69) is 45.0 Å². The van der Waals surface area contributed by atoms with Gasteiger partial charge in [0.05, 0.1) is 11.7 Å². The number of hydrogen-bond acceptors (Lipinski definition) is 3. The van der Waals surface area contributed by atoms with Crippen molar-refractivity contribution in [2.45, 2.75) is 25.9 Å². The molecule has 4 nitrogen and oxygen atoms in total. The van der Waals surface area contributed by atoms with Crippen LogP contribution in [0.1, 0.15) is 37.4 Å². The summed E-state index contributed by atoms with van der Waals surface area (Å²) in [5.41, 5.74) is 1.71. The summed E-state index contributed by atoms with van der Waals surface area (Å²) in [5, 5.41) is 4.11. The number of nitrogens with one attached hydrogen (secondary N) is 1. The minimum absolute atomic E-state index is 0.113. The monoisotopic (exact) mass is 473 g/mol. The normalized spacial score (nSPS) is 19.1. The zero-order valence-corrected chi connectivity index (χ0v) is 18.5. The molecule has 4 rings (SSSR count). The van der Waals surface area contributed by atoms with E-state index in [1.165, 1.54) is 12.1 Å². The zero-order valence-electron chi connectivity index (χ0n) is 16.1. The lowest BCUT2D eigenvalue weighted by molar-refractivity contribution is 0.253. The Bertz CT molecular complexity index is 1020. The fraction of sp³-hybridized carbons (Fsp3) is 0.273. The van der Waals surface area contributed by atoms with Gasteiger partial charge >= 0.3 is 0 Å². The quantitative estimate of drug-likeness (QED) is 0.469. The smallest absolute Gasteiger partial charge is 0.170 e. The molecule has 150 valence electrons. The maximum atomic E-state index is 13.5. The maximum Gasteiger partial charge on any atom is 0.170 e. The Morgan fingerprint density at radius 1 is 1.24 bits per heavy atom. The van der Waals surface area contributed by atoms with E-state index in [-0.39, 0.29) is 17.9 Å². The summed E-state index contributed by atoms with van der Waals surface area (Å²) >= 11 is 9.07. The third-order valence-electron chi connectivity index (χ3n) is 4.87. The van der Waals surface area contributed by atoms with Crippen LogP contribution in [-0.2, 0) is 0 Å². The van der Waals surface area contributed by atoms with Gasteiger partial charge < -0.3 is 14.6 Å². The molecule has 1 aliphatic heterocycles. The van der Waals surface area contributed by atoms with Crippen LogP contribution in [0.5, 0.6) is 0 Å². The molecular formula is C22H21BrFN3OS. The van der Waals surface area contributed by atoms with Crippen molar-refractivity contribution in [2.24, 2.45) is 5.92 Å². The Balaban J connectivity index is 1.74. The van der Waals surface area contributed by atoms with E-state index in [9.17, 15) is 4.39 Å². The zero-order chi connectivity index (χ0) is 20.5. The van der Waals surface area contributed by atoms with Crippen molar-refractivity contribution in [1.82, 2.24) is 15.2 Å². The first kappa shape index (κ1) is 20.0. The number of thiocarbonyl (C=S) groups is 1. The first-order chi connectivity index (χ1) is 13.9. The number of nitrogens with zero attached hydrogens (tertiary/aromatic N) is 2. The number of hydrogen-bond donors (Lipinski definition) is 1.